The van der Waals surface area contributed by atoms with E-state index in [1.54, 1.807) is 9.58 Å². The van der Waals surface area contributed by atoms with Gasteiger partial charge in [-0.25, -0.2) is 4.79 Å². The topological polar surface area (TPSA) is 57.3 Å². The number of hydrogen-bond acceptors (Lipinski definition) is 4. The third-order valence-electron chi connectivity index (χ3n) is 3.10. The van der Waals surface area contributed by atoms with Crippen molar-refractivity contribution in [1.82, 2.24) is 4.90 Å². The molecule has 0 aromatic rings. The summed E-state index contributed by atoms with van der Waals surface area (Å²) in [6.45, 7) is 8.95. The summed E-state index contributed by atoms with van der Waals surface area (Å²) in [7, 11) is 0. The largest absolute Gasteiger partial charge is 0.444 e. The van der Waals surface area contributed by atoms with Gasteiger partial charge in [0.1, 0.15) is 17.0 Å². The number of likely N-dealkylation sites (tertiary alicyclic amines) is 1. The molecule has 0 radical (unpaired) electrons. The third-order valence-corrected chi connectivity index (χ3v) is 3.83. The summed E-state index contributed by atoms with van der Waals surface area (Å²) < 4.78 is 7.88. The number of rotatable bonds is 1. The normalized spacial score (nSPS) is 24.9. The summed E-state index contributed by atoms with van der Waals surface area (Å²) in [6.07, 6.45) is 2.68. The monoisotopic (exact) mass is 343 g/mol. The Balaban J connectivity index is 1.95. The Morgan fingerprint density at radius 1 is 1.55 bits per heavy atom. The molecule has 0 aliphatic carbocycles. The van der Waals surface area contributed by atoms with Gasteiger partial charge < -0.3 is 9.64 Å². The molecule has 0 N–H and O–H groups in total. The minimum atomic E-state index is -0.452. The SMILES string of the molecule is CC1=C(Br)N=N/[N+]1=C/C1CCN(C(=O)OC(C)(C)C)C1. The van der Waals surface area contributed by atoms with Crippen molar-refractivity contribution in [2.75, 3.05) is 13.1 Å². The smallest absolute Gasteiger partial charge is 0.410 e. The van der Waals surface area contributed by atoms with E-state index in [0.29, 0.717) is 13.1 Å². The molecule has 2 rings (SSSR count). The van der Waals surface area contributed by atoms with E-state index in [9.17, 15) is 4.79 Å². The molecule has 6 nitrogen and oxygen atoms in total. The lowest BCUT2D eigenvalue weighted by Crippen LogP contribution is -2.35. The predicted molar refractivity (Wildman–Crippen MR) is 78.7 cm³/mol. The molecule has 2 heterocycles. The van der Waals surface area contributed by atoms with Crippen LogP contribution in [0.3, 0.4) is 0 Å². The van der Waals surface area contributed by atoms with E-state index in [1.807, 2.05) is 33.9 Å². The van der Waals surface area contributed by atoms with Crippen LogP contribution in [-0.4, -0.2) is 40.6 Å². The molecule has 0 aromatic carbocycles. The van der Waals surface area contributed by atoms with Crippen LogP contribution in [-0.2, 0) is 4.74 Å². The molecule has 2 aliphatic rings. The van der Waals surface area contributed by atoms with Gasteiger partial charge in [-0.1, -0.05) is 0 Å². The van der Waals surface area contributed by atoms with Crippen LogP contribution in [0.15, 0.2) is 20.6 Å². The van der Waals surface area contributed by atoms with Crippen LogP contribution < -0.4 is 0 Å². The second-order valence-electron chi connectivity index (χ2n) is 6.03. The van der Waals surface area contributed by atoms with Crippen LogP contribution in [0.1, 0.15) is 34.1 Å². The number of amides is 1. The summed E-state index contributed by atoms with van der Waals surface area (Å²) in [5.74, 6) is 0.273. The first-order valence-corrected chi connectivity index (χ1v) is 7.46. The van der Waals surface area contributed by atoms with Gasteiger partial charge in [0.25, 0.3) is 4.61 Å². The third kappa shape index (κ3) is 3.65. The fourth-order valence-corrected chi connectivity index (χ4v) is 2.32. The number of allylic oxidation sites excluding steroid dienone is 1. The van der Waals surface area contributed by atoms with Crippen molar-refractivity contribution in [2.45, 2.75) is 39.7 Å². The molecule has 0 bridgehead atoms. The molecule has 1 fully saturated rings. The van der Waals surface area contributed by atoms with Gasteiger partial charge in [-0.05, 0) is 27.2 Å². The standard InChI is InChI=1S/C13H20BrN4O2/c1-9-11(14)15-16-18(9)8-10-5-6-17(7-10)12(19)20-13(2,3)4/h8,10H,5-7H2,1-4H3/q+1/b18-8+. The summed E-state index contributed by atoms with van der Waals surface area (Å²) in [6, 6.07) is 0. The average Bonchev–Trinajstić information content (AvgIpc) is 2.90. The Morgan fingerprint density at radius 2 is 2.25 bits per heavy atom. The van der Waals surface area contributed by atoms with E-state index >= 15 is 0 Å². The first-order chi connectivity index (χ1) is 9.26. The molecular weight excluding hydrogens is 324 g/mol. The van der Waals surface area contributed by atoms with Crippen molar-refractivity contribution in [2.24, 2.45) is 16.3 Å². The molecule has 0 aromatic heterocycles. The van der Waals surface area contributed by atoms with Crippen molar-refractivity contribution >= 4 is 28.2 Å². The fraction of sp³-hybridized carbons (Fsp3) is 0.692. The van der Waals surface area contributed by atoms with Crippen LogP contribution in [0.2, 0.25) is 0 Å². The highest BCUT2D eigenvalue weighted by Gasteiger charge is 2.31. The zero-order chi connectivity index (χ0) is 14.9. The molecule has 1 saturated heterocycles. The van der Waals surface area contributed by atoms with Gasteiger partial charge in [0.05, 0.1) is 5.11 Å². The molecular formula is C13H20BrN4O2+. The lowest BCUT2D eigenvalue weighted by molar-refractivity contribution is -0.480. The van der Waals surface area contributed by atoms with Gasteiger partial charge >= 0.3 is 6.09 Å². The molecule has 0 saturated carbocycles. The molecule has 20 heavy (non-hydrogen) atoms. The van der Waals surface area contributed by atoms with Gasteiger partial charge in [0.15, 0.2) is 5.70 Å². The summed E-state index contributed by atoms with van der Waals surface area (Å²) in [5.41, 5.74) is 0.507. The number of carbonyl (C=O) groups is 1. The highest BCUT2D eigenvalue weighted by atomic mass is 79.9. The minimum absolute atomic E-state index is 0.245. The second kappa shape index (κ2) is 5.63. The minimum Gasteiger partial charge on any atom is -0.444 e. The molecule has 110 valence electrons. The highest BCUT2D eigenvalue weighted by Crippen LogP contribution is 2.23. The Labute approximate surface area is 127 Å². The Morgan fingerprint density at radius 3 is 2.80 bits per heavy atom. The van der Waals surface area contributed by atoms with Gasteiger partial charge in [0.2, 0.25) is 0 Å². The van der Waals surface area contributed by atoms with Crippen molar-refractivity contribution in [3.05, 3.63) is 10.3 Å². The van der Waals surface area contributed by atoms with E-state index in [2.05, 4.69) is 26.3 Å². The lowest BCUT2D eigenvalue weighted by atomic mass is 10.1. The zero-order valence-corrected chi connectivity index (χ0v) is 13.8. The number of hydrogen-bond donors (Lipinski definition) is 0. The van der Waals surface area contributed by atoms with Gasteiger partial charge in [0, 0.05) is 41.9 Å². The van der Waals surface area contributed by atoms with E-state index in [0.717, 1.165) is 16.7 Å². The molecule has 2 aliphatic heterocycles. The average molecular weight is 344 g/mol. The number of ether oxygens (including phenoxy) is 1. The van der Waals surface area contributed by atoms with Crippen molar-refractivity contribution in [1.29, 1.82) is 0 Å². The number of nitrogens with zero attached hydrogens (tertiary/aromatic N) is 4. The van der Waals surface area contributed by atoms with Crippen LogP contribution in [0.25, 0.3) is 0 Å². The molecule has 1 atom stereocenters. The molecule has 1 amide bonds. The van der Waals surface area contributed by atoms with Crippen LogP contribution >= 0.6 is 15.9 Å². The quantitative estimate of drug-likeness (QED) is 0.541. The highest BCUT2D eigenvalue weighted by molar-refractivity contribution is 9.11. The maximum atomic E-state index is 12.0. The first kappa shape index (κ1) is 15.2. The Kier molecular flexibility index (Phi) is 4.27. The predicted octanol–water partition coefficient (Wildman–Crippen LogP) is 3.29. The van der Waals surface area contributed by atoms with Crippen LogP contribution in [0, 0.1) is 5.92 Å². The van der Waals surface area contributed by atoms with Crippen molar-refractivity contribution in [3.8, 4) is 0 Å². The van der Waals surface area contributed by atoms with Gasteiger partial charge in [-0.3, -0.25) is 0 Å². The van der Waals surface area contributed by atoms with Gasteiger partial charge in [-0.2, -0.15) is 0 Å². The van der Waals surface area contributed by atoms with Crippen molar-refractivity contribution in [3.63, 3.8) is 0 Å². The summed E-state index contributed by atoms with van der Waals surface area (Å²) >= 11 is 3.33. The first-order valence-electron chi connectivity index (χ1n) is 6.66. The van der Waals surface area contributed by atoms with Crippen LogP contribution in [0.4, 0.5) is 4.79 Å². The second-order valence-corrected chi connectivity index (χ2v) is 6.79. The van der Waals surface area contributed by atoms with E-state index < -0.39 is 5.60 Å². The molecule has 7 heteroatoms. The molecule has 0 spiro atoms. The Bertz CT molecular complexity index is 505. The van der Waals surface area contributed by atoms with Gasteiger partial charge in [-0.15, -0.1) is 4.68 Å². The van der Waals surface area contributed by atoms with E-state index in [4.69, 9.17) is 4.74 Å². The lowest BCUT2D eigenvalue weighted by Gasteiger charge is -2.24. The summed E-state index contributed by atoms with van der Waals surface area (Å²) in [5, 5.41) is 7.99. The van der Waals surface area contributed by atoms with Crippen LogP contribution in [0.5, 0.6) is 0 Å². The maximum absolute atomic E-state index is 12.0. The number of carbonyl (C=O) groups excluding carboxylic acids is 1. The van der Waals surface area contributed by atoms with Crippen molar-refractivity contribution < 1.29 is 14.2 Å². The zero-order valence-electron chi connectivity index (χ0n) is 12.3. The van der Waals surface area contributed by atoms with E-state index in [-0.39, 0.29) is 12.0 Å². The van der Waals surface area contributed by atoms with E-state index in [1.165, 1.54) is 0 Å². The fourth-order valence-electron chi connectivity index (χ4n) is 2.06. The maximum Gasteiger partial charge on any atom is 0.410 e. The summed E-state index contributed by atoms with van der Waals surface area (Å²) in [4.78, 5) is 13.7. The molecule has 1 unspecified atom stereocenters. The number of halogens is 1. The Hall–Kier alpha value is -1.24.